The molecule has 0 spiro atoms. The molecule has 0 radical (unpaired) electrons. The lowest BCUT2D eigenvalue weighted by atomic mass is 10.1. The Balaban J connectivity index is 1.96. The average molecular weight is 364 g/mol. The van der Waals surface area contributed by atoms with Gasteiger partial charge in [-0.3, -0.25) is 9.80 Å². The molecule has 1 saturated heterocycles. The second-order valence-corrected chi connectivity index (χ2v) is 5.99. The molecular weight excluding hydrogens is 349 g/mol. The summed E-state index contributed by atoms with van der Waals surface area (Å²) in [4.78, 5) is 31.2. The van der Waals surface area contributed by atoms with Crippen LogP contribution in [0, 0.1) is 5.82 Å². The Hall–Kier alpha value is -2.67. The largest absolute Gasteiger partial charge is 0.465 e. The van der Waals surface area contributed by atoms with Crippen molar-refractivity contribution in [3.8, 4) is 0 Å². The molecule has 0 bridgehead atoms. The molecule has 2 aromatic rings. The summed E-state index contributed by atoms with van der Waals surface area (Å²) in [5.41, 5.74) is 0.843. The van der Waals surface area contributed by atoms with E-state index < -0.39 is 17.8 Å². The summed E-state index contributed by atoms with van der Waals surface area (Å²) < 4.78 is 18.9. The Labute approximate surface area is 148 Å². The molecule has 2 amide bonds. The van der Waals surface area contributed by atoms with Gasteiger partial charge in [-0.15, -0.1) is 0 Å². The van der Waals surface area contributed by atoms with E-state index in [4.69, 9.17) is 16.3 Å². The minimum atomic E-state index is -0.741. The molecule has 130 valence electrons. The van der Waals surface area contributed by atoms with Crippen molar-refractivity contribution in [2.75, 3.05) is 23.5 Å². The van der Waals surface area contributed by atoms with E-state index in [2.05, 4.69) is 4.98 Å². The number of hydrogen-bond acceptors (Lipinski definition) is 4. The highest BCUT2D eigenvalue weighted by Crippen LogP contribution is 2.31. The van der Waals surface area contributed by atoms with Crippen LogP contribution in [0.3, 0.4) is 0 Å². The van der Waals surface area contributed by atoms with Crippen LogP contribution in [0.1, 0.15) is 17.3 Å². The average Bonchev–Trinajstić information content (AvgIpc) is 2.91. The maximum atomic E-state index is 14.2. The normalized spacial score (nSPS) is 17.1. The minimum Gasteiger partial charge on any atom is -0.465 e. The molecule has 0 saturated carbocycles. The smallest absolute Gasteiger partial charge is 0.337 e. The first-order valence-corrected chi connectivity index (χ1v) is 7.91. The zero-order valence-electron chi connectivity index (χ0n) is 13.6. The topological polar surface area (TPSA) is 62.7 Å². The Morgan fingerprint density at radius 1 is 1.40 bits per heavy atom. The van der Waals surface area contributed by atoms with Crippen molar-refractivity contribution in [3.05, 3.63) is 52.9 Å². The van der Waals surface area contributed by atoms with E-state index in [1.807, 2.05) is 6.92 Å². The molecule has 0 aliphatic carbocycles. The van der Waals surface area contributed by atoms with Crippen LogP contribution in [0.2, 0.25) is 5.02 Å². The zero-order chi connectivity index (χ0) is 18.1. The summed E-state index contributed by atoms with van der Waals surface area (Å²) in [6.45, 7) is 2.07. The number of esters is 1. The van der Waals surface area contributed by atoms with Crippen molar-refractivity contribution in [2.45, 2.75) is 13.0 Å². The fourth-order valence-corrected chi connectivity index (χ4v) is 2.92. The second kappa shape index (κ2) is 6.68. The van der Waals surface area contributed by atoms with Crippen molar-refractivity contribution in [3.63, 3.8) is 0 Å². The summed E-state index contributed by atoms with van der Waals surface area (Å²) >= 11 is 5.78. The molecule has 2 heterocycles. The molecule has 1 aliphatic rings. The van der Waals surface area contributed by atoms with E-state index in [0.29, 0.717) is 11.3 Å². The SMILES string of the molecule is COC(=O)c1cccc(N2C(=O)N(c3nccc(Cl)c3F)C[C@@H]2C)c1. The number of hydrogen-bond donors (Lipinski definition) is 0. The third kappa shape index (κ3) is 3.02. The van der Waals surface area contributed by atoms with Gasteiger partial charge in [0.05, 0.1) is 23.7 Å². The van der Waals surface area contributed by atoms with Crippen molar-refractivity contribution >= 4 is 35.1 Å². The van der Waals surface area contributed by atoms with Gasteiger partial charge in [-0.25, -0.2) is 19.0 Å². The highest BCUT2D eigenvalue weighted by atomic mass is 35.5. The highest BCUT2D eigenvalue weighted by Gasteiger charge is 2.38. The first-order chi connectivity index (χ1) is 11.9. The van der Waals surface area contributed by atoms with Crippen LogP contribution in [0.4, 0.5) is 20.7 Å². The molecule has 6 nitrogen and oxygen atoms in total. The van der Waals surface area contributed by atoms with Gasteiger partial charge in [0.2, 0.25) is 0 Å². The number of amides is 2. The number of methoxy groups -OCH3 is 1. The summed E-state index contributed by atoms with van der Waals surface area (Å²) in [6.07, 6.45) is 1.35. The van der Waals surface area contributed by atoms with Crippen LogP contribution in [-0.2, 0) is 4.74 Å². The van der Waals surface area contributed by atoms with Crippen molar-refractivity contribution < 1.29 is 18.7 Å². The van der Waals surface area contributed by atoms with Crippen LogP contribution < -0.4 is 9.80 Å². The number of urea groups is 1. The number of rotatable bonds is 3. The van der Waals surface area contributed by atoms with Crippen LogP contribution in [0.25, 0.3) is 0 Å². The van der Waals surface area contributed by atoms with E-state index in [0.717, 1.165) is 0 Å². The van der Waals surface area contributed by atoms with Gasteiger partial charge in [0.25, 0.3) is 0 Å². The second-order valence-electron chi connectivity index (χ2n) is 5.58. The van der Waals surface area contributed by atoms with Gasteiger partial charge >= 0.3 is 12.0 Å². The van der Waals surface area contributed by atoms with Crippen molar-refractivity contribution in [1.82, 2.24) is 4.98 Å². The van der Waals surface area contributed by atoms with Crippen LogP contribution in [0.5, 0.6) is 0 Å². The molecule has 25 heavy (non-hydrogen) atoms. The van der Waals surface area contributed by atoms with Crippen molar-refractivity contribution in [1.29, 1.82) is 0 Å². The van der Waals surface area contributed by atoms with E-state index >= 15 is 0 Å². The molecule has 1 aromatic carbocycles. The van der Waals surface area contributed by atoms with E-state index in [1.54, 1.807) is 24.3 Å². The van der Waals surface area contributed by atoms with Gasteiger partial charge in [-0.1, -0.05) is 17.7 Å². The monoisotopic (exact) mass is 363 g/mol. The summed E-state index contributed by atoms with van der Waals surface area (Å²) in [5, 5.41) is -0.100. The molecule has 1 atom stereocenters. The third-order valence-electron chi connectivity index (χ3n) is 3.95. The fourth-order valence-electron chi connectivity index (χ4n) is 2.78. The highest BCUT2D eigenvalue weighted by molar-refractivity contribution is 6.31. The number of ether oxygens (including phenoxy) is 1. The Kier molecular flexibility index (Phi) is 4.59. The Morgan fingerprint density at radius 2 is 2.16 bits per heavy atom. The number of pyridine rings is 1. The maximum absolute atomic E-state index is 14.2. The van der Waals surface area contributed by atoms with Gasteiger partial charge in [-0.05, 0) is 31.2 Å². The Morgan fingerprint density at radius 3 is 2.88 bits per heavy atom. The zero-order valence-corrected chi connectivity index (χ0v) is 14.3. The predicted octanol–water partition coefficient (Wildman–Crippen LogP) is 3.50. The summed E-state index contributed by atoms with van der Waals surface area (Å²) in [5.74, 6) is -1.36. The quantitative estimate of drug-likeness (QED) is 0.783. The van der Waals surface area contributed by atoms with Gasteiger partial charge in [0.15, 0.2) is 11.6 Å². The fraction of sp³-hybridized carbons (Fsp3) is 0.235. The van der Waals surface area contributed by atoms with Crippen LogP contribution in [-0.4, -0.2) is 36.7 Å². The van der Waals surface area contributed by atoms with Gasteiger partial charge < -0.3 is 4.74 Å². The third-order valence-corrected chi connectivity index (χ3v) is 4.24. The molecule has 8 heteroatoms. The molecule has 1 aliphatic heterocycles. The molecule has 1 aromatic heterocycles. The van der Waals surface area contributed by atoms with E-state index in [1.165, 1.54) is 29.2 Å². The summed E-state index contributed by atoms with van der Waals surface area (Å²) in [7, 11) is 1.29. The number of aromatic nitrogens is 1. The maximum Gasteiger partial charge on any atom is 0.337 e. The van der Waals surface area contributed by atoms with Gasteiger partial charge in [-0.2, -0.15) is 0 Å². The number of anilines is 2. The standard InChI is InChI=1S/C17H15ClFN3O3/c1-10-9-21(15-14(19)13(18)6-7-20-15)17(24)22(10)12-5-3-4-11(8-12)16(23)25-2/h3-8,10H,9H2,1-2H3/t10-/m0/s1. The van der Waals surface area contributed by atoms with Crippen molar-refractivity contribution in [2.24, 2.45) is 0 Å². The number of carbonyl (C=O) groups is 2. The first kappa shape index (κ1) is 17.2. The van der Waals surface area contributed by atoms with Gasteiger partial charge in [0, 0.05) is 18.4 Å². The Bertz CT molecular complexity index is 846. The lowest BCUT2D eigenvalue weighted by molar-refractivity contribution is 0.0600. The minimum absolute atomic E-state index is 0.100. The van der Waals surface area contributed by atoms with E-state index in [-0.39, 0.29) is 23.4 Å². The van der Waals surface area contributed by atoms with Gasteiger partial charge in [0.1, 0.15) is 0 Å². The molecular formula is C17H15ClFN3O3. The molecule has 0 unspecified atom stereocenters. The number of halogens is 2. The number of carbonyl (C=O) groups excluding carboxylic acids is 2. The summed E-state index contributed by atoms with van der Waals surface area (Å²) in [6, 6.07) is 7.14. The van der Waals surface area contributed by atoms with E-state index in [9.17, 15) is 14.0 Å². The number of nitrogens with zero attached hydrogens (tertiary/aromatic N) is 3. The molecule has 1 fully saturated rings. The number of benzene rings is 1. The molecule has 3 rings (SSSR count). The lowest BCUT2D eigenvalue weighted by Gasteiger charge is -2.21. The van der Waals surface area contributed by atoms with Crippen LogP contribution in [0.15, 0.2) is 36.5 Å². The molecule has 0 N–H and O–H groups in total. The van der Waals surface area contributed by atoms with Crippen LogP contribution >= 0.6 is 11.6 Å². The predicted molar refractivity (Wildman–Crippen MR) is 91.7 cm³/mol. The first-order valence-electron chi connectivity index (χ1n) is 7.53. The lowest BCUT2D eigenvalue weighted by Crippen LogP contribution is -2.34.